The van der Waals surface area contributed by atoms with E-state index in [0.717, 1.165) is 30.7 Å². The molecule has 2 aliphatic rings. The summed E-state index contributed by atoms with van der Waals surface area (Å²) >= 11 is 0. The van der Waals surface area contributed by atoms with Crippen molar-refractivity contribution in [1.29, 1.82) is 0 Å². The third-order valence-electron chi connectivity index (χ3n) is 6.43. The van der Waals surface area contributed by atoms with Gasteiger partial charge < -0.3 is 15.1 Å². The highest BCUT2D eigenvalue weighted by Crippen LogP contribution is 2.20. The normalized spacial score (nSPS) is 20.0. The number of amides is 1. The van der Waals surface area contributed by atoms with Gasteiger partial charge in [-0.2, -0.15) is 5.10 Å². The van der Waals surface area contributed by atoms with E-state index in [1.54, 1.807) is 22.8 Å². The third kappa shape index (κ3) is 6.47. The van der Waals surface area contributed by atoms with Crippen LogP contribution in [0.4, 0.5) is 5.69 Å². The largest absolute Gasteiger partial charge is 0.352 e. The molecule has 1 amide bonds. The second-order valence-corrected chi connectivity index (χ2v) is 8.99. The number of hydrogen-bond donors (Lipinski definition) is 1. The van der Waals surface area contributed by atoms with Crippen LogP contribution in [0.25, 0.3) is 0 Å². The molecule has 1 N–H and O–H groups in total. The fourth-order valence-corrected chi connectivity index (χ4v) is 4.74. The zero-order valence-electron chi connectivity index (χ0n) is 19.9. The van der Waals surface area contributed by atoms with E-state index in [4.69, 9.17) is 0 Å². The number of halogens is 1. The maximum atomic E-state index is 12.8. The van der Waals surface area contributed by atoms with Crippen LogP contribution in [0.1, 0.15) is 30.9 Å². The molecule has 8 nitrogen and oxygen atoms in total. The minimum absolute atomic E-state index is 0. The highest BCUT2D eigenvalue weighted by atomic mass is 127. The number of hydrogen-bond acceptors (Lipinski definition) is 4. The lowest BCUT2D eigenvalue weighted by atomic mass is 9.99. The van der Waals surface area contributed by atoms with Crippen LogP contribution in [0.3, 0.4) is 0 Å². The van der Waals surface area contributed by atoms with E-state index in [1.165, 1.54) is 37.1 Å². The fraction of sp³-hybridized carbons (Fsp3) is 0.542. The van der Waals surface area contributed by atoms with E-state index in [0.29, 0.717) is 19.6 Å². The molecule has 0 aliphatic carbocycles. The maximum Gasteiger partial charge on any atom is 0.246 e. The molecule has 0 bridgehead atoms. The number of aryl methyl sites for hydroxylation is 1. The van der Waals surface area contributed by atoms with Crippen molar-refractivity contribution in [3.05, 3.63) is 47.8 Å². The van der Waals surface area contributed by atoms with Gasteiger partial charge in [-0.1, -0.05) is 31.2 Å². The minimum Gasteiger partial charge on any atom is -0.352 e. The van der Waals surface area contributed by atoms with Crippen molar-refractivity contribution in [2.45, 2.75) is 32.9 Å². The average molecular weight is 566 g/mol. The summed E-state index contributed by atoms with van der Waals surface area (Å²) in [6.45, 7) is 8.04. The van der Waals surface area contributed by atoms with Crippen molar-refractivity contribution < 1.29 is 4.79 Å². The lowest BCUT2D eigenvalue weighted by molar-refractivity contribution is -0.120. The van der Waals surface area contributed by atoms with Crippen LogP contribution in [-0.2, 0) is 24.9 Å². The van der Waals surface area contributed by atoms with Gasteiger partial charge in [-0.25, -0.2) is 0 Å². The molecule has 3 heterocycles. The lowest BCUT2D eigenvalue weighted by Gasteiger charge is -2.35. The van der Waals surface area contributed by atoms with Gasteiger partial charge >= 0.3 is 0 Å². The van der Waals surface area contributed by atoms with E-state index in [1.807, 2.05) is 18.1 Å². The molecule has 4 rings (SSSR count). The summed E-state index contributed by atoms with van der Waals surface area (Å²) in [5, 5.41) is 7.67. The van der Waals surface area contributed by atoms with Crippen LogP contribution < -0.4 is 10.2 Å². The number of nitrogens with zero attached hydrogens (tertiary/aromatic N) is 6. The van der Waals surface area contributed by atoms with Crippen LogP contribution >= 0.6 is 24.0 Å². The van der Waals surface area contributed by atoms with E-state index in [2.05, 4.69) is 51.5 Å². The molecule has 1 aromatic carbocycles. The molecular formula is C24H36IN7O. The Bertz CT molecular complexity index is 960. The number of piperidine rings is 1. The Balaban J connectivity index is 0.00000306. The first-order valence-corrected chi connectivity index (χ1v) is 11.6. The number of anilines is 1. The molecule has 0 spiro atoms. The second kappa shape index (κ2) is 11.8. The topological polar surface area (TPSA) is 69.0 Å². The number of likely N-dealkylation sites (tertiary alicyclic amines) is 1. The Morgan fingerprint density at radius 2 is 2.00 bits per heavy atom. The minimum atomic E-state index is 0. The molecule has 0 radical (unpaired) electrons. The molecule has 1 aromatic heterocycles. The Labute approximate surface area is 214 Å². The van der Waals surface area contributed by atoms with Crippen molar-refractivity contribution in [3.8, 4) is 0 Å². The Morgan fingerprint density at radius 3 is 2.67 bits per heavy atom. The third-order valence-corrected chi connectivity index (χ3v) is 6.43. The van der Waals surface area contributed by atoms with Crippen molar-refractivity contribution in [3.63, 3.8) is 0 Å². The SMILES string of the molecule is CN=C(NCc1ccccc1CN1CCCC(C)C1)N1CCN(c2cnn(C)c2)C(=O)C1.I. The molecule has 2 saturated heterocycles. The average Bonchev–Trinajstić information content (AvgIpc) is 3.21. The van der Waals surface area contributed by atoms with Crippen molar-refractivity contribution >= 4 is 41.5 Å². The number of guanidine groups is 1. The molecular weight excluding hydrogens is 529 g/mol. The first-order chi connectivity index (χ1) is 15.5. The van der Waals surface area contributed by atoms with Gasteiger partial charge in [-0.05, 0) is 36.4 Å². The quantitative estimate of drug-likeness (QED) is 0.343. The van der Waals surface area contributed by atoms with Crippen LogP contribution in [0, 0.1) is 5.92 Å². The van der Waals surface area contributed by atoms with Gasteiger partial charge in [0.15, 0.2) is 5.96 Å². The van der Waals surface area contributed by atoms with Gasteiger partial charge in [-0.15, -0.1) is 24.0 Å². The number of carbonyl (C=O) groups excluding carboxylic acids is 1. The summed E-state index contributed by atoms with van der Waals surface area (Å²) < 4.78 is 1.72. The zero-order valence-corrected chi connectivity index (χ0v) is 22.2. The Morgan fingerprint density at radius 1 is 1.21 bits per heavy atom. The van der Waals surface area contributed by atoms with Gasteiger partial charge in [0.25, 0.3) is 0 Å². The second-order valence-electron chi connectivity index (χ2n) is 8.99. The highest BCUT2D eigenvalue weighted by molar-refractivity contribution is 14.0. The monoisotopic (exact) mass is 565 g/mol. The number of aliphatic imine (C=N–C) groups is 1. The molecule has 2 aliphatic heterocycles. The van der Waals surface area contributed by atoms with Gasteiger partial charge in [0, 0.05) is 53.0 Å². The zero-order chi connectivity index (χ0) is 22.5. The maximum absolute atomic E-state index is 12.8. The van der Waals surface area contributed by atoms with E-state index in [-0.39, 0.29) is 29.9 Å². The predicted molar refractivity (Wildman–Crippen MR) is 143 cm³/mol. The summed E-state index contributed by atoms with van der Waals surface area (Å²) in [6, 6.07) is 8.64. The molecule has 9 heteroatoms. The van der Waals surface area contributed by atoms with Gasteiger partial charge in [0.05, 0.1) is 11.9 Å². The van der Waals surface area contributed by atoms with Crippen molar-refractivity contribution in [1.82, 2.24) is 24.9 Å². The number of benzene rings is 1. The molecule has 2 fully saturated rings. The Kier molecular flexibility index (Phi) is 9.13. The smallest absolute Gasteiger partial charge is 0.246 e. The summed E-state index contributed by atoms with van der Waals surface area (Å²) in [5.41, 5.74) is 3.50. The lowest BCUT2D eigenvalue weighted by Crippen LogP contribution is -2.55. The number of piperazine rings is 1. The molecule has 180 valence electrons. The summed E-state index contributed by atoms with van der Waals surface area (Å²) in [7, 11) is 3.64. The van der Waals surface area contributed by atoms with Gasteiger partial charge in [0.1, 0.15) is 6.54 Å². The standard InChI is InChI=1S/C24H35N7O.HI/c1-19-7-6-10-29(15-19)16-21-9-5-4-8-20(21)13-26-24(25-2)30-11-12-31(23(32)18-30)22-14-27-28(3)17-22;/h4-5,8-9,14,17,19H,6-7,10-13,15-16,18H2,1-3H3,(H,25,26);1H. The van der Waals surface area contributed by atoms with E-state index < -0.39 is 0 Å². The number of nitrogens with one attached hydrogen (secondary N) is 1. The van der Waals surface area contributed by atoms with Crippen molar-refractivity contribution in [2.24, 2.45) is 18.0 Å². The highest BCUT2D eigenvalue weighted by Gasteiger charge is 2.27. The summed E-state index contributed by atoms with van der Waals surface area (Å²) in [6.07, 6.45) is 6.23. The molecule has 1 unspecified atom stereocenters. The van der Waals surface area contributed by atoms with Gasteiger partial charge in [0.2, 0.25) is 5.91 Å². The fourth-order valence-electron chi connectivity index (χ4n) is 4.74. The predicted octanol–water partition coefficient (Wildman–Crippen LogP) is 2.69. The Hall–Kier alpha value is -2.14. The summed E-state index contributed by atoms with van der Waals surface area (Å²) in [4.78, 5) is 23.6. The van der Waals surface area contributed by atoms with Gasteiger partial charge in [-0.3, -0.25) is 19.4 Å². The summed E-state index contributed by atoms with van der Waals surface area (Å²) in [5.74, 6) is 1.60. The van der Waals surface area contributed by atoms with E-state index >= 15 is 0 Å². The molecule has 2 aromatic rings. The number of carbonyl (C=O) groups is 1. The first-order valence-electron chi connectivity index (χ1n) is 11.6. The van der Waals surface area contributed by atoms with E-state index in [9.17, 15) is 4.79 Å². The van der Waals surface area contributed by atoms with Crippen LogP contribution in [0.15, 0.2) is 41.7 Å². The first kappa shape index (κ1) is 25.5. The number of rotatable bonds is 5. The number of aromatic nitrogens is 2. The molecule has 1 atom stereocenters. The molecule has 33 heavy (non-hydrogen) atoms. The molecule has 0 saturated carbocycles. The van der Waals surface area contributed by atoms with Crippen LogP contribution in [-0.4, -0.2) is 71.2 Å². The van der Waals surface area contributed by atoms with Crippen LogP contribution in [0.5, 0.6) is 0 Å². The van der Waals surface area contributed by atoms with Crippen molar-refractivity contribution in [2.75, 3.05) is 44.7 Å². The van der Waals surface area contributed by atoms with Crippen LogP contribution in [0.2, 0.25) is 0 Å².